The Labute approximate surface area is 161 Å². The number of benzene rings is 2. The third-order valence-electron chi connectivity index (χ3n) is 4.86. The van der Waals surface area contributed by atoms with Gasteiger partial charge in [-0.05, 0) is 57.3 Å². The number of hydrogen-bond donors (Lipinski definition) is 0. The van der Waals surface area contributed by atoms with Gasteiger partial charge in [0.05, 0.1) is 16.3 Å². The summed E-state index contributed by atoms with van der Waals surface area (Å²) in [5.74, 6) is 0.423. The van der Waals surface area contributed by atoms with Crippen molar-refractivity contribution in [1.29, 1.82) is 0 Å². The first-order valence-electron chi connectivity index (χ1n) is 8.79. The molecule has 4 rings (SSSR count). The number of thiazole rings is 1. The molecule has 27 heavy (non-hydrogen) atoms. The Morgan fingerprint density at radius 3 is 2.63 bits per heavy atom. The first-order valence-corrected chi connectivity index (χ1v) is 9.61. The van der Waals surface area contributed by atoms with Crippen LogP contribution in [-0.4, -0.2) is 22.1 Å². The molecular weight excluding hydrogens is 361 g/mol. The predicted molar refractivity (Wildman–Crippen MR) is 106 cm³/mol. The number of fused-ring (bicyclic) bond motifs is 1. The summed E-state index contributed by atoms with van der Waals surface area (Å²) in [5, 5.41) is 5.33. The van der Waals surface area contributed by atoms with E-state index in [0.717, 1.165) is 27.3 Å². The molecule has 138 valence electrons. The van der Waals surface area contributed by atoms with E-state index in [1.165, 1.54) is 16.8 Å². The fourth-order valence-corrected chi connectivity index (χ4v) is 4.10. The van der Waals surface area contributed by atoms with Crippen molar-refractivity contribution >= 4 is 21.6 Å². The second-order valence-corrected chi connectivity index (χ2v) is 7.76. The molecule has 4 nitrogen and oxygen atoms in total. The van der Waals surface area contributed by atoms with Gasteiger partial charge in [-0.15, -0.1) is 11.3 Å². The van der Waals surface area contributed by atoms with E-state index in [1.807, 2.05) is 25.1 Å². The summed E-state index contributed by atoms with van der Waals surface area (Å²) in [6, 6.07) is 14.6. The fraction of sp³-hybridized carbons (Fsp3) is 0.238. The Kier molecular flexibility index (Phi) is 4.76. The average molecular weight is 381 g/mol. The number of rotatable bonds is 5. The summed E-state index contributed by atoms with van der Waals surface area (Å²) in [7, 11) is 2.06. The zero-order chi connectivity index (χ0) is 19.0. The molecule has 0 fully saturated rings. The van der Waals surface area contributed by atoms with Crippen LogP contribution in [-0.2, 0) is 6.54 Å². The molecule has 4 aromatic rings. The molecule has 0 radical (unpaired) electrons. The van der Waals surface area contributed by atoms with E-state index < -0.39 is 0 Å². The molecule has 0 amide bonds. The maximum atomic E-state index is 13.1. The quantitative estimate of drug-likeness (QED) is 0.452. The van der Waals surface area contributed by atoms with Gasteiger partial charge in [0.25, 0.3) is 0 Å². The topological polar surface area (TPSA) is 42.2 Å². The molecule has 2 aromatic heterocycles. The lowest BCUT2D eigenvalue weighted by Crippen LogP contribution is -2.22. The largest absolute Gasteiger partial charge is 0.356 e. The van der Waals surface area contributed by atoms with E-state index >= 15 is 0 Å². The van der Waals surface area contributed by atoms with Gasteiger partial charge in [0.15, 0.2) is 5.76 Å². The number of aromatic nitrogens is 2. The van der Waals surface area contributed by atoms with E-state index in [4.69, 9.17) is 9.51 Å². The van der Waals surface area contributed by atoms with Crippen LogP contribution in [0.5, 0.6) is 0 Å². The first kappa shape index (κ1) is 17.8. The summed E-state index contributed by atoms with van der Waals surface area (Å²) >= 11 is 1.72. The zero-order valence-corrected chi connectivity index (χ0v) is 16.3. The van der Waals surface area contributed by atoms with Gasteiger partial charge < -0.3 is 4.52 Å². The maximum absolute atomic E-state index is 13.1. The minimum Gasteiger partial charge on any atom is -0.356 e. The average Bonchev–Trinajstić information content (AvgIpc) is 3.26. The molecule has 2 heterocycles. The van der Waals surface area contributed by atoms with Crippen molar-refractivity contribution in [3.8, 4) is 11.3 Å². The van der Waals surface area contributed by atoms with Crippen LogP contribution in [0.3, 0.4) is 0 Å². The van der Waals surface area contributed by atoms with Crippen molar-refractivity contribution in [2.45, 2.75) is 26.4 Å². The molecule has 0 saturated carbocycles. The third kappa shape index (κ3) is 3.50. The Hall–Kier alpha value is -2.57. The SMILES string of the molecule is Cc1c(CN(C)[C@H](C)c2nc3ccccc3s2)noc1-c1ccc(F)cc1. The van der Waals surface area contributed by atoms with Crippen LogP contribution in [0, 0.1) is 12.7 Å². The van der Waals surface area contributed by atoms with Gasteiger partial charge in [-0.2, -0.15) is 0 Å². The molecule has 0 aliphatic rings. The van der Waals surface area contributed by atoms with E-state index in [0.29, 0.717) is 12.3 Å². The molecule has 0 aliphatic heterocycles. The highest BCUT2D eigenvalue weighted by Crippen LogP contribution is 2.31. The Balaban J connectivity index is 1.54. The van der Waals surface area contributed by atoms with Gasteiger partial charge in [-0.25, -0.2) is 9.37 Å². The second kappa shape index (κ2) is 7.21. The molecule has 2 aromatic carbocycles. The van der Waals surface area contributed by atoms with Crippen LogP contribution in [0.1, 0.15) is 29.2 Å². The summed E-state index contributed by atoms with van der Waals surface area (Å²) in [6.07, 6.45) is 0. The third-order valence-corrected chi connectivity index (χ3v) is 6.06. The van der Waals surface area contributed by atoms with Gasteiger partial charge in [-0.1, -0.05) is 17.3 Å². The van der Waals surface area contributed by atoms with Crippen LogP contribution >= 0.6 is 11.3 Å². The molecule has 0 N–H and O–H groups in total. The maximum Gasteiger partial charge on any atom is 0.170 e. The number of nitrogens with zero attached hydrogens (tertiary/aromatic N) is 3. The Bertz CT molecular complexity index is 1040. The molecule has 0 aliphatic carbocycles. The van der Waals surface area contributed by atoms with Crippen molar-refractivity contribution in [2.75, 3.05) is 7.05 Å². The molecule has 0 bridgehead atoms. The van der Waals surface area contributed by atoms with Gasteiger partial charge in [0.1, 0.15) is 16.5 Å². The number of para-hydroxylation sites is 1. The molecule has 0 saturated heterocycles. The lowest BCUT2D eigenvalue weighted by atomic mass is 10.1. The van der Waals surface area contributed by atoms with E-state index in [9.17, 15) is 4.39 Å². The summed E-state index contributed by atoms with van der Waals surface area (Å²) in [6.45, 7) is 4.78. The van der Waals surface area contributed by atoms with Crippen molar-refractivity contribution in [3.05, 3.63) is 70.6 Å². The van der Waals surface area contributed by atoms with Gasteiger partial charge in [0.2, 0.25) is 0 Å². The summed E-state index contributed by atoms with van der Waals surface area (Å²) in [4.78, 5) is 6.96. The van der Waals surface area contributed by atoms with Crippen molar-refractivity contribution in [2.24, 2.45) is 0 Å². The van der Waals surface area contributed by atoms with Crippen molar-refractivity contribution in [1.82, 2.24) is 15.0 Å². The lowest BCUT2D eigenvalue weighted by molar-refractivity contribution is 0.244. The van der Waals surface area contributed by atoms with Crippen molar-refractivity contribution in [3.63, 3.8) is 0 Å². The van der Waals surface area contributed by atoms with Crippen LogP contribution in [0.4, 0.5) is 4.39 Å². The Morgan fingerprint density at radius 2 is 1.89 bits per heavy atom. The molecule has 1 atom stereocenters. The first-order chi connectivity index (χ1) is 13.0. The predicted octanol–water partition coefficient (Wildman–Crippen LogP) is 5.59. The lowest BCUT2D eigenvalue weighted by Gasteiger charge is -2.21. The van der Waals surface area contributed by atoms with Gasteiger partial charge in [-0.3, -0.25) is 4.90 Å². The number of hydrogen-bond acceptors (Lipinski definition) is 5. The van der Waals surface area contributed by atoms with Gasteiger partial charge >= 0.3 is 0 Å². The highest BCUT2D eigenvalue weighted by atomic mass is 32.1. The minimum atomic E-state index is -0.263. The standard InChI is InChI=1S/C21H20FN3OS/c1-13-18(24-26-20(13)15-8-10-16(22)11-9-15)12-25(3)14(2)21-23-17-6-4-5-7-19(17)27-21/h4-11,14H,12H2,1-3H3/t14-/m1/s1. The summed E-state index contributed by atoms with van der Waals surface area (Å²) in [5.41, 5.74) is 3.72. The smallest absolute Gasteiger partial charge is 0.170 e. The van der Waals surface area contributed by atoms with Crippen LogP contribution in [0.25, 0.3) is 21.5 Å². The Morgan fingerprint density at radius 1 is 1.15 bits per heavy atom. The van der Waals surface area contributed by atoms with Crippen molar-refractivity contribution < 1.29 is 8.91 Å². The van der Waals surface area contributed by atoms with E-state index in [1.54, 1.807) is 23.5 Å². The monoisotopic (exact) mass is 381 g/mol. The second-order valence-electron chi connectivity index (χ2n) is 6.70. The molecular formula is C21H20FN3OS. The van der Waals surface area contributed by atoms with E-state index in [2.05, 4.69) is 30.1 Å². The summed E-state index contributed by atoms with van der Waals surface area (Å²) < 4.78 is 19.9. The molecule has 0 spiro atoms. The normalized spacial score (nSPS) is 12.8. The highest BCUT2D eigenvalue weighted by Gasteiger charge is 2.20. The minimum absolute atomic E-state index is 0.160. The molecule has 6 heteroatoms. The zero-order valence-electron chi connectivity index (χ0n) is 15.4. The van der Waals surface area contributed by atoms with Crippen LogP contribution < -0.4 is 0 Å². The molecule has 0 unspecified atom stereocenters. The van der Waals surface area contributed by atoms with Crippen LogP contribution in [0.15, 0.2) is 53.1 Å². The fourth-order valence-electron chi connectivity index (χ4n) is 3.02. The number of halogens is 1. The highest BCUT2D eigenvalue weighted by molar-refractivity contribution is 7.18. The van der Waals surface area contributed by atoms with E-state index in [-0.39, 0.29) is 11.9 Å². The van der Waals surface area contributed by atoms with Gasteiger partial charge in [0, 0.05) is 17.7 Å². The van der Waals surface area contributed by atoms with Crippen LogP contribution in [0.2, 0.25) is 0 Å².